The number of rotatable bonds is 3. The molecule has 0 radical (unpaired) electrons. The second-order valence-electron chi connectivity index (χ2n) is 3.00. The number of carboxylic acid groups (broad SMARTS) is 1. The Labute approximate surface area is 82.0 Å². The van der Waals surface area contributed by atoms with Crippen LogP contribution in [0.5, 0.6) is 0 Å². The second-order valence-corrected chi connectivity index (χ2v) is 3.00. The summed E-state index contributed by atoms with van der Waals surface area (Å²) in [4.78, 5) is 10.6. The van der Waals surface area contributed by atoms with E-state index in [0.29, 0.717) is 6.42 Å². The quantitative estimate of drug-likeness (QED) is 0.715. The van der Waals surface area contributed by atoms with Crippen LogP contribution in [0.3, 0.4) is 0 Å². The van der Waals surface area contributed by atoms with Crippen molar-refractivity contribution in [1.29, 1.82) is 5.26 Å². The van der Waals surface area contributed by atoms with Crippen molar-refractivity contribution in [2.45, 2.75) is 19.4 Å². The lowest BCUT2D eigenvalue weighted by atomic mass is 10.2. The number of aliphatic carboxylic acids is 1. The minimum absolute atomic E-state index is 0.349. The maximum Gasteiger partial charge on any atom is 0.373 e. The standard InChI is InChI=1S/C10H10N2O2/c1-8(10(13)14)12-6-3-9(2-5-11)4-7-12/h3-4,6-8H,2H2,1H3/p+1. The van der Waals surface area contributed by atoms with Gasteiger partial charge in [-0.05, 0) is 5.56 Å². The first-order valence-electron chi connectivity index (χ1n) is 4.24. The number of aromatic nitrogens is 1. The van der Waals surface area contributed by atoms with Crippen LogP contribution in [-0.4, -0.2) is 11.1 Å². The number of pyridine rings is 1. The molecule has 0 aliphatic rings. The summed E-state index contributed by atoms with van der Waals surface area (Å²) in [7, 11) is 0. The topological polar surface area (TPSA) is 65.0 Å². The van der Waals surface area contributed by atoms with Crippen LogP contribution >= 0.6 is 0 Å². The molecule has 0 fully saturated rings. The van der Waals surface area contributed by atoms with Crippen molar-refractivity contribution in [2.24, 2.45) is 0 Å². The van der Waals surface area contributed by atoms with E-state index >= 15 is 0 Å². The van der Waals surface area contributed by atoms with Gasteiger partial charge in [0.25, 0.3) is 6.04 Å². The van der Waals surface area contributed by atoms with Crippen molar-refractivity contribution in [2.75, 3.05) is 0 Å². The molecule has 0 saturated carbocycles. The van der Waals surface area contributed by atoms with Gasteiger partial charge in [0.1, 0.15) is 0 Å². The number of nitrogens with zero attached hydrogens (tertiary/aromatic N) is 2. The van der Waals surface area contributed by atoms with Gasteiger partial charge in [-0.3, -0.25) is 0 Å². The highest BCUT2D eigenvalue weighted by atomic mass is 16.4. The van der Waals surface area contributed by atoms with E-state index in [0.717, 1.165) is 5.56 Å². The molecule has 0 aromatic carbocycles. The largest absolute Gasteiger partial charge is 0.476 e. The number of hydrogen-bond donors (Lipinski definition) is 1. The first-order valence-corrected chi connectivity index (χ1v) is 4.24. The van der Waals surface area contributed by atoms with Crippen LogP contribution in [0.25, 0.3) is 0 Å². The summed E-state index contributed by atoms with van der Waals surface area (Å²) in [5.41, 5.74) is 0.890. The molecular formula is C10H11N2O2+. The maximum atomic E-state index is 10.6. The predicted octanol–water partition coefficient (Wildman–Crippen LogP) is 0.686. The van der Waals surface area contributed by atoms with E-state index in [1.165, 1.54) is 0 Å². The molecular weight excluding hydrogens is 180 g/mol. The molecule has 0 bridgehead atoms. The van der Waals surface area contributed by atoms with Crippen LogP contribution in [0.4, 0.5) is 0 Å². The van der Waals surface area contributed by atoms with Gasteiger partial charge >= 0.3 is 5.97 Å². The zero-order valence-corrected chi connectivity index (χ0v) is 7.84. The van der Waals surface area contributed by atoms with Gasteiger partial charge in [-0.1, -0.05) is 0 Å². The van der Waals surface area contributed by atoms with Gasteiger partial charge in [-0.25, -0.2) is 4.79 Å². The lowest BCUT2D eigenvalue weighted by molar-refractivity contribution is -0.707. The molecule has 0 saturated heterocycles. The van der Waals surface area contributed by atoms with Crippen molar-refractivity contribution in [1.82, 2.24) is 0 Å². The van der Waals surface area contributed by atoms with Crippen LogP contribution < -0.4 is 4.57 Å². The summed E-state index contributed by atoms with van der Waals surface area (Å²) in [5, 5.41) is 17.2. The number of hydrogen-bond acceptors (Lipinski definition) is 2. The lowest BCUT2D eigenvalue weighted by Crippen LogP contribution is -2.41. The summed E-state index contributed by atoms with van der Waals surface area (Å²) in [6.45, 7) is 1.60. The maximum absolute atomic E-state index is 10.6. The van der Waals surface area contributed by atoms with Gasteiger partial charge in [0.2, 0.25) is 0 Å². The minimum atomic E-state index is -0.872. The van der Waals surface area contributed by atoms with Crippen LogP contribution in [-0.2, 0) is 11.2 Å². The summed E-state index contributed by atoms with van der Waals surface area (Å²) in [5.74, 6) is -0.872. The fraction of sp³-hybridized carbons (Fsp3) is 0.300. The normalized spacial score (nSPS) is 11.7. The Morgan fingerprint density at radius 3 is 2.64 bits per heavy atom. The average molecular weight is 191 g/mol. The molecule has 72 valence electrons. The molecule has 1 unspecified atom stereocenters. The highest BCUT2D eigenvalue weighted by Crippen LogP contribution is 1.98. The summed E-state index contributed by atoms with van der Waals surface area (Å²) >= 11 is 0. The summed E-state index contributed by atoms with van der Waals surface area (Å²) in [6.07, 6.45) is 3.69. The van der Waals surface area contributed by atoms with Crippen LogP contribution in [0.15, 0.2) is 24.5 Å². The third-order valence-corrected chi connectivity index (χ3v) is 2.01. The molecule has 1 aromatic rings. The molecule has 0 aliphatic heterocycles. The van der Waals surface area contributed by atoms with Gasteiger partial charge in [0, 0.05) is 19.1 Å². The minimum Gasteiger partial charge on any atom is -0.476 e. The molecule has 1 atom stereocenters. The fourth-order valence-electron chi connectivity index (χ4n) is 1.06. The van der Waals surface area contributed by atoms with Gasteiger partial charge in [0.05, 0.1) is 12.5 Å². The summed E-state index contributed by atoms with van der Waals surface area (Å²) in [6, 6.07) is 4.96. The van der Waals surface area contributed by atoms with Crippen LogP contribution in [0.2, 0.25) is 0 Å². The van der Waals surface area contributed by atoms with Crippen LogP contribution in [0.1, 0.15) is 18.5 Å². The van der Waals surface area contributed by atoms with E-state index in [4.69, 9.17) is 10.4 Å². The highest BCUT2D eigenvalue weighted by Gasteiger charge is 2.19. The van der Waals surface area contributed by atoms with Crippen molar-refractivity contribution in [3.8, 4) is 6.07 Å². The van der Waals surface area contributed by atoms with E-state index in [9.17, 15) is 4.79 Å². The van der Waals surface area contributed by atoms with Gasteiger partial charge in [-0.15, -0.1) is 0 Å². The average Bonchev–Trinajstić information content (AvgIpc) is 2.18. The molecule has 1 aromatic heterocycles. The number of nitriles is 1. The van der Waals surface area contributed by atoms with Crippen molar-refractivity contribution >= 4 is 5.97 Å². The van der Waals surface area contributed by atoms with E-state index in [1.54, 1.807) is 36.0 Å². The molecule has 0 amide bonds. The Hall–Kier alpha value is -1.89. The van der Waals surface area contributed by atoms with Crippen LogP contribution in [0, 0.1) is 11.3 Å². The molecule has 4 heteroatoms. The molecule has 1 rings (SSSR count). The van der Waals surface area contributed by atoms with Gasteiger partial charge < -0.3 is 5.11 Å². The number of carbonyl (C=O) groups is 1. The van der Waals surface area contributed by atoms with E-state index in [-0.39, 0.29) is 0 Å². The zero-order chi connectivity index (χ0) is 10.6. The van der Waals surface area contributed by atoms with E-state index < -0.39 is 12.0 Å². The molecule has 1 N–H and O–H groups in total. The molecule has 0 aliphatic carbocycles. The second kappa shape index (κ2) is 4.38. The Morgan fingerprint density at radius 2 is 2.21 bits per heavy atom. The highest BCUT2D eigenvalue weighted by molar-refractivity contribution is 5.69. The molecule has 0 spiro atoms. The van der Waals surface area contributed by atoms with Crippen molar-refractivity contribution < 1.29 is 14.5 Å². The van der Waals surface area contributed by atoms with Gasteiger partial charge in [0.15, 0.2) is 12.4 Å². The summed E-state index contributed by atoms with van der Waals surface area (Å²) < 4.78 is 1.59. The lowest BCUT2D eigenvalue weighted by Gasteiger charge is -2.01. The third-order valence-electron chi connectivity index (χ3n) is 2.01. The Bertz CT molecular complexity index is 365. The van der Waals surface area contributed by atoms with Gasteiger partial charge in [-0.2, -0.15) is 9.83 Å². The Balaban J connectivity index is 2.84. The van der Waals surface area contributed by atoms with Crippen molar-refractivity contribution in [3.05, 3.63) is 30.1 Å². The smallest absolute Gasteiger partial charge is 0.373 e. The van der Waals surface area contributed by atoms with E-state index in [1.807, 2.05) is 6.07 Å². The molecule has 4 nitrogen and oxygen atoms in total. The number of carboxylic acids is 1. The zero-order valence-electron chi connectivity index (χ0n) is 7.84. The third kappa shape index (κ3) is 2.30. The van der Waals surface area contributed by atoms with Crippen molar-refractivity contribution in [3.63, 3.8) is 0 Å². The molecule has 14 heavy (non-hydrogen) atoms. The molecule has 1 heterocycles. The Kier molecular flexibility index (Phi) is 3.19. The SMILES string of the molecule is CC(C(=O)O)[n+]1ccc(CC#N)cc1. The predicted molar refractivity (Wildman–Crippen MR) is 48.3 cm³/mol. The Morgan fingerprint density at radius 1 is 1.64 bits per heavy atom. The first kappa shape index (κ1) is 10.2. The van der Waals surface area contributed by atoms with E-state index in [2.05, 4.69) is 0 Å². The first-order chi connectivity index (χ1) is 6.65. The monoisotopic (exact) mass is 191 g/mol. The fourth-order valence-corrected chi connectivity index (χ4v) is 1.06.